The van der Waals surface area contributed by atoms with Gasteiger partial charge < -0.3 is 5.32 Å². The molecule has 6 heteroatoms. The molecule has 1 amide bonds. The minimum absolute atomic E-state index is 0.141. The SMILES string of the molecule is O=C1NC(=S)CCC1C1C(=O)C2C=CC=C[C@@]2(I)C1=O. The van der Waals surface area contributed by atoms with E-state index in [9.17, 15) is 14.4 Å². The lowest BCUT2D eigenvalue weighted by atomic mass is 9.82. The van der Waals surface area contributed by atoms with E-state index < -0.39 is 21.2 Å². The van der Waals surface area contributed by atoms with Gasteiger partial charge in [-0.2, -0.15) is 0 Å². The second-order valence-corrected chi connectivity index (χ2v) is 7.57. The molecule has 0 aromatic rings. The van der Waals surface area contributed by atoms with Gasteiger partial charge in [0.25, 0.3) is 0 Å². The average Bonchev–Trinajstić information content (AvgIpc) is 2.59. The first-order chi connectivity index (χ1) is 9.45. The topological polar surface area (TPSA) is 63.2 Å². The molecular weight excluding hydrogens is 389 g/mol. The lowest BCUT2D eigenvalue weighted by Crippen LogP contribution is -2.46. The van der Waals surface area contributed by atoms with Crippen LogP contribution < -0.4 is 5.32 Å². The van der Waals surface area contributed by atoms with Gasteiger partial charge in [0.05, 0.1) is 22.7 Å². The number of allylic oxidation sites excluding steroid dienone is 4. The maximum Gasteiger partial charge on any atom is 0.229 e. The van der Waals surface area contributed by atoms with Crippen molar-refractivity contribution in [1.29, 1.82) is 0 Å². The minimum Gasteiger partial charge on any atom is -0.320 e. The van der Waals surface area contributed by atoms with Crippen LogP contribution in [0.2, 0.25) is 0 Å². The standard InChI is InChI=1S/C14H12INO3S/c15-14-6-2-1-3-8(14)11(17)10(12(14)18)7-4-5-9(20)16-13(7)19/h1-3,6-8,10H,4-5H2,(H,16,19,20)/t7?,8?,10?,14-/m0/s1. The maximum absolute atomic E-state index is 12.7. The van der Waals surface area contributed by atoms with Gasteiger partial charge in [-0.15, -0.1) is 0 Å². The third-order valence-electron chi connectivity index (χ3n) is 4.16. The lowest BCUT2D eigenvalue weighted by molar-refractivity contribution is -0.137. The molecule has 2 aliphatic carbocycles. The molecular formula is C14H12INO3S. The van der Waals surface area contributed by atoms with Gasteiger partial charge >= 0.3 is 0 Å². The zero-order valence-electron chi connectivity index (χ0n) is 10.5. The summed E-state index contributed by atoms with van der Waals surface area (Å²) in [5.74, 6) is -2.46. The molecule has 2 fully saturated rings. The van der Waals surface area contributed by atoms with Gasteiger partial charge in [-0.25, -0.2) is 0 Å². The van der Waals surface area contributed by atoms with Crippen molar-refractivity contribution in [1.82, 2.24) is 5.32 Å². The molecule has 0 aromatic carbocycles. The van der Waals surface area contributed by atoms with Gasteiger partial charge in [0.1, 0.15) is 3.42 Å². The summed E-state index contributed by atoms with van der Waals surface area (Å²) in [5, 5.41) is 2.59. The Kier molecular flexibility index (Phi) is 3.40. The highest BCUT2D eigenvalue weighted by Crippen LogP contribution is 2.47. The number of piperidine rings is 1. The zero-order valence-corrected chi connectivity index (χ0v) is 13.4. The van der Waals surface area contributed by atoms with E-state index in [-0.39, 0.29) is 17.5 Å². The number of thiocarbonyl (C=S) groups is 1. The van der Waals surface area contributed by atoms with Crippen LogP contribution in [0, 0.1) is 17.8 Å². The number of nitrogens with one attached hydrogen (secondary N) is 1. The molecule has 0 radical (unpaired) electrons. The average molecular weight is 401 g/mol. The van der Waals surface area contributed by atoms with Gasteiger partial charge in [-0.05, 0) is 12.8 Å². The molecule has 20 heavy (non-hydrogen) atoms. The van der Waals surface area contributed by atoms with Crippen LogP contribution in [0.15, 0.2) is 24.3 Å². The number of carbonyl (C=O) groups excluding carboxylic acids is 3. The molecule has 0 spiro atoms. The third-order valence-corrected chi connectivity index (χ3v) is 6.03. The first kappa shape index (κ1) is 14.1. The highest BCUT2D eigenvalue weighted by Gasteiger charge is 2.60. The van der Waals surface area contributed by atoms with E-state index in [4.69, 9.17) is 12.2 Å². The largest absolute Gasteiger partial charge is 0.320 e. The summed E-state index contributed by atoms with van der Waals surface area (Å²) in [4.78, 5) is 37.8. The number of halogens is 1. The third kappa shape index (κ3) is 1.92. The smallest absolute Gasteiger partial charge is 0.229 e. The Bertz CT molecular complexity index is 597. The Morgan fingerprint density at radius 2 is 2.05 bits per heavy atom. The number of carbonyl (C=O) groups is 3. The van der Waals surface area contributed by atoms with Crippen molar-refractivity contribution in [2.45, 2.75) is 16.3 Å². The number of fused-ring (bicyclic) bond motifs is 1. The van der Waals surface area contributed by atoms with Crippen LogP contribution in [0.1, 0.15) is 12.8 Å². The quantitative estimate of drug-likeness (QED) is 0.313. The monoisotopic (exact) mass is 401 g/mol. The van der Waals surface area contributed by atoms with Crippen LogP contribution in [0.25, 0.3) is 0 Å². The van der Waals surface area contributed by atoms with Crippen molar-refractivity contribution >= 4 is 57.3 Å². The molecule has 0 aromatic heterocycles. The van der Waals surface area contributed by atoms with Crippen LogP contribution in [0.4, 0.5) is 0 Å². The summed E-state index contributed by atoms with van der Waals surface area (Å²) in [6.07, 6.45) is 8.12. The van der Waals surface area contributed by atoms with Gasteiger partial charge in [-0.3, -0.25) is 14.4 Å². The highest BCUT2D eigenvalue weighted by atomic mass is 127. The summed E-state index contributed by atoms with van der Waals surface area (Å²) in [7, 11) is 0. The molecule has 1 aliphatic heterocycles. The van der Waals surface area contributed by atoms with E-state index in [1.807, 2.05) is 22.6 Å². The first-order valence-corrected chi connectivity index (χ1v) is 7.90. The minimum atomic E-state index is -0.840. The van der Waals surface area contributed by atoms with Gasteiger partial charge in [-0.1, -0.05) is 59.1 Å². The Balaban J connectivity index is 1.95. The number of hydrogen-bond donors (Lipinski definition) is 1. The second-order valence-electron chi connectivity index (χ2n) is 5.29. The van der Waals surface area contributed by atoms with Crippen molar-refractivity contribution in [3.05, 3.63) is 24.3 Å². The Morgan fingerprint density at radius 3 is 2.70 bits per heavy atom. The molecule has 3 aliphatic rings. The highest BCUT2D eigenvalue weighted by molar-refractivity contribution is 14.1. The summed E-state index contributed by atoms with van der Waals surface area (Å²) in [6.45, 7) is 0. The molecule has 1 heterocycles. The van der Waals surface area contributed by atoms with E-state index in [1.54, 1.807) is 24.3 Å². The van der Waals surface area contributed by atoms with Gasteiger partial charge in [0.15, 0.2) is 11.6 Å². The van der Waals surface area contributed by atoms with E-state index in [1.165, 1.54) is 0 Å². The molecule has 1 saturated carbocycles. The van der Waals surface area contributed by atoms with Crippen molar-refractivity contribution in [3.8, 4) is 0 Å². The molecule has 1 N–H and O–H groups in total. The summed E-state index contributed by atoms with van der Waals surface area (Å²) in [6, 6.07) is 0. The molecule has 3 unspecified atom stereocenters. The van der Waals surface area contributed by atoms with Crippen LogP contribution in [-0.2, 0) is 14.4 Å². The van der Waals surface area contributed by atoms with Gasteiger partial charge in [0.2, 0.25) is 5.91 Å². The van der Waals surface area contributed by atoms with E-state index in [0.29, 0.717) is 17.8 Å². The molecule has 0 bridgehead atoms. The number of ketones is 2. The van der Waals surface area contributed by atoms with Crippen LogP contribution in [0.5, 0.6) is 0 Å². The van der Waals surface area contributed by atoms with E-state index in [2.05, 4.69) is 5.32 Å². The number of amides is 1. The second kappa shape index (κ2) is 4.84. The van der Waals surface area contributed by atoms with E-state index >= 15 is 0 Å². The maximum atomic E-state index is 12.7. The zero-order chi connectivity index (χ0) is 14.5. The normalized spacial score (nSPS) is 40.0. The number of hydrogen-bond acceptors (Lipinski definition) is 4. The predicted molar refractivity (Wildman–Crippen MR) is 85.5 cm³/mol. The Hall–Kier alpha value is -0.890. The summed E-state index contributed by atoms with van der Waals surface area (Å²) < 4.78 is -0.827. The molecule has 1 saturated heterocycles. The van der Waals surface area contributed by atoms with Crippen molar-refractivity contribution in [3.63, 3.8) is 0 Å². The van der Waals surface area contributed by atoms with Crippen molar-refractivity contribution < 1.29 is 14.4 Å². The molecule has 4 nitrogen and oxygen atoms in total. The number of alkyl halides is 1. The predicted octanol–water partition coefficient (Wildman–Crippen LogP) is 1.52. The number of Topliss-reactive ketones (excluding diaryl/α,β-unsaturated/α-hetero) is 2. The van der Waals surface area contributed by atoms with Gasteiger partial charge in [0, 0.05) is 0 Å². The lowest BCUT2D eigenvalue weighted by Gasteiger charge is -2.26. The fraction of sp³-hybridized carbons (Fsp3) is 0.429. The summed E-state index contributed by atoms with van der Waals surface area (Å²) in [5.41, 5.74) is 0. The summed E-state index contributed by atoms with van der Waals surface area (Å²) >= 11 is 7.01. The van der Waals surface area contributed by atoms with Crippen LogP contribution in [0.3, 0.4) is 0 Å². The fourth-order valence-corrected chi connectivity index (χ4v) is 4.40. The molecule has 4 atom stereocenters. The molecule has 104 valence electrons. The van der Waals surface area contributed by atoms with E-state index in [0.717, 1.165) is 0 Å². The number of rotatable bonds is 1. The van der Waals surface area contributed by atoms with Crippen molar-refractivity contribution in [2.75, 3.05) is 0 Å². The Labute approximate surface area is 135 Å². The molecule has 3 rings (SSSR count). The Morgan fingerprint density at radius 1 is 1.30 bits per heavy atom. The fourth-order valence-electron chi connectivity index (χ4n) is 3.12. The first-order valence-electron chi connectivity index (χ1n) is 6.42. The van der Waals surface area contributed by atoms with Crippen LogP contribution >= 0.6 is 34.8 Å². The van der Waals surface area contributed by atoms with Crippen LogP contribution in [-0.4, -0.2) is 25.9 Å². The van der Waals surface area contributed by atoms with Crippen molar-refractivity contribution in [2.24, 2.45) is 17.8 Å².